The van der Waals surface area contributed by atoms with E-state index < -0.39 is 0 Å². The van der Waals surface area contributed by atoms with E-state index in [0.29, 0.717) is 5.56 Å². The Kier molecular flexibility index (Phi) is 3.27. The Morgan fingerprint density at radius 1 is 0.792 bits per heavy atom. The van der Waals surface area contributed by atoms with Crippen molar-refractivity contribution in [3.05, 3.63) is 71.3 Å². The van der Waals surface area contributed by atoms with Crippen LogP contribution in [-0.2, 0) is 4.74 Å². The van der Waals surface area contributed by atoms with Crippen molar-refractivity contribution in [1.82, 2.24) is 0 Å². The van der Waals surface area contributed by atoms with Crippen molar-refractivity contribution in [2.24, 2.45) is 0 Å². The van der Waals surface area contributed by atoms with E-state index in [0.717, 1.165) is 16.2 Å². The van der Waals surface area contributed by atoms with E-state index in [-0.39, 0.29) is 5.97 Å². The second-order valence-corrected chi connectivity index (χ2v) is 6.25. The number of methoxy groups -OCH3 is 1. The molecule has 0 fully saturated rings. The topological polar surface area (TPSA) is 26.3 Å². The van der Waals surface area contributed by atoms with Gasteiger partial charge in [-0.05, 0) is 63.4 Å². The monoisotopic (exact) mass is 314 g/mol. The smallest absolute Gasteiger partial charge is 0.338 e. The molecule has 0 radical (unpaired) electrons. The van der Waals surface area contributed by atoms with Crippen LogP contribution in [0.2, 0.25) is 0 Å². The van der Waals surface area contributed by atoms with Gasteiger partial charge in [-0.2, -0.15) is 0 Å². The summed E-state index contributed by atoms with van der Waals surface area (Å²) in [4.78, 5) is 12.3. The molecule has 0 aliphatic carbocycles. The highest BCUT2D eigenvalue weighted by Gasteiger charge is 2.16. The van der Waals surface area contributed by atoms with E-state index in [1.54, 1.807) is 0 Å². The van der Waals surface area contributed by atoms with Crippen LogP contribution in [0.25, 0.3) is 32.3 Å². The maximum absolute atomic E-state index is 12.3. The molecule has 0 saturated carbocycles. The molecule has 4 rings (SSSR count). The van der Waals surface area contributed by atoms with Gasteiger partial charge in [0.25, 0.3) is 0 Å². The molecule has 0 aromatic heterocycles. The standard InChI is InChI=1S/C22H18O2/c1-13-6-4-8-15-10-11-16-12-18(22(23)24-3)17-9-5-7-14(2)20(17)21(16)19(13)15/h4-12H,1-3H3. The van der Waals surface area contributed by atoms with Crippen LogP contribution in [0, 0.1) is 13.8 Å². The van der Waals surface area contributed by atoms with Gasteiger partial charge in [0, 0.05) is 0 Å². The SMILES string of the molecule is COC(=O)c1cc2ccc3cccc(C)c3c2c2c(C)cccc12. The van der Waals surface area contributed by atoms with Crippen molar-refractivity contribution in [2.75, 3.05) is 7.11 Å². The predicted octanol–water partition coefficient (Wildman–Crippen LogP) is 5.55. The molecule has 4 aromatic rings. The third-order valence-electron chi connectivity index (χ3n) is 4.80. The molecule has 118 valence electrons. The fraction of sp³-hybridized carbons (Fsp3) is 0.136. The Morgan fingerprint density at radius 2 is 1.46 bits per heavy atom. The van der Waals surface area contributed by atoms with E-state index in [1.165, 1.54) is 34.4 Å². The summed E-state index contributed by atoms with van der Waals surface area (Å²) in [5.41, 5.74) is 3.03. The Balaban J connectivity index is 2.35. The number of fused-ring (bicyclic) bond motifs is 5. The van der Waals surface area contributed by atoms with Gasteiger partial charge in [-0.1, -0.05) is 48.5 Å². The summed E-state index contributed by atoms with van der Waals surface area (Å²) in [5.74, 6) is -0.294. The highest BCUT2D eigenvalue weighted by atomic mass is 16.5. The first-order chi connectivity index (χ1) is 11.6. The normalized spacial score (nSPS) is 11.3. The van der Waals surface area contributed by atoms with Crippen LogP contribution in [0.15, 0.2) is 54.6 Å². The third kappa shape index (κ3) is 2.00. The van der Waals surface area contributed by atoms with Crippen LogP contribution in [0.3, 0.4) is 0 Å². The lowest BCUT2D eigenvalue weighted by atomic mass is 9.90. The van der Waals surface area contributed by atoms with E-state index in [4.69, 9.17) is 4.74 Å². The van der Waals surface area contributed by atoms with Crippen molar-refractivity contribution in [2.45, 2.75) is 13.8 Å². The number of ether oxygens (including phenoxy) is 1. The number of esters is 1. The lowest BCUT2D eigenvalue weighted by Gasteiger charge is -2.14. The molecule has 0 aliphatic heterocycles. The van der Waals surface area contributed by atoms with E-state index in [2.05, 4.69) is 50.2 Å². The molecule has 0 spiro atoms. The fourth-order valence-corrected chi connectivity index (χ4v) is 3.70. The van der Waals surface area contributed by atoms with Gasteiger partial charge in [0.05, 0.1) is 12.7 Å². The molecule has 0 aliphatic rings. The summed E-state index contributed by atoms with van der Waals surface area (Å²) in [6, 6.07) is 18.6. The van der Waals surface area contributed by atoms with Crippen molar-refractivity contribution in [3.8, 4) is 0 Å². The van der Waals surface area contributed by atoms with Gasteiger partial charge in [0.1, 0.15) is 0 Å². The van der Waals surface area contributed by atoms with Gasteiger partial charge < -0.3 is 4.74 Å². The molecule has 0 unspecified atom stereocenters. The molecule has 0 bridgehead atoms. The number of carbonyl (C=O) groups is 1. The zero-order valence-corrected chi connectivity index (χ0v) is 14.0. The third-order valence-corrected chi connectivity index (χ3v) is 4.80. The first-order valence-corrected chi connectivity index (χ1v) is 8.04. The molecule has 0 heterocycles. The summed E-state index contributed by atoms with van der Waals surface area (Å²) in [6.45, 7) is 4.24. The van der Waals surface area contributed by atoms with Gasteiger partial charge in [-0.15, -0.1) is 0 Å². The van der Waals surface area contributed by atoms with Gasteiger partial charge in [0.2, 0.25) is 0 Å². The highest BCUT2D eigenvalue weighted by Crippen LogP contribution is 2.37. The largest absolute Gasteiger partial charge is 0.465 e. The summed E-state index contributed by atoms with van der Waals surface area (Å²) in [5, 5.41) is 6.84. The van der Waals surface area contributed by atoms with E-state index in [1.807, 2.05) is 18.2 Å². The highest BCUT2D eigenvalue weighted by molar-refractivity contribution is 6.25. The Hall–Kier alpha value is -2.87. The van der Waals surface area contributed by atoms with Gasteiger partial charge >= 0.3 is 5.97 Å². The molecule has 0 N–H and O–H groups in total. The van der Waals surface area contributed by atoms with E-state index >= 15 is 0 Å². The first-order valence-electron chi connectivity index (χ1n) is 8.04. The quantitative estimate of drug-likeness (QED) is 0.340. The molecule has 0 saturated heterocycles. The first kappa shape index (κ1) is 14.7. The van der Waals surface area contributed by atoms with Gasteiger partial charge in [-0.3, -0.25) is 0 Å². The Bertz CT molecular complexity index is 1120. The van der Waals surface area contributed by atoms with Gasteiger partial charge in [-0.25, -0.2) is 4.79 Å². The zero-order valence-electron chi connectivity index (χ0n) is 14.0. The van der Waals surface area contributed by atoms with Crippen LogP contribution in [0.4, 0.5) is 0 Å². The summed E-state index contributed by atoms with van der Waals surface area (Å²) in [7, 11) is 1.43. The molecule has 0 atom stereocenters. The maximum Gasteiger partial charge on any atom is 0.338 e. The average Bonchev–Trinajstić information content (AvgIpc) is 2.60. The minimum absolute atomic E-state index is 0.294. The molecular weight excluding hydrogens is 296 g/mol. The van der Waals surface area contributed by atoms with Crippen molar-refractivity contribution >= 4 is 38.3 Å². The van der Waals surface area contributed by atoms with Gasteiger partial charge in [0.15, 0.2) is 0 Å². The van der Waals surface area contributed by atoms with Crippen LogP contribution in [-0.4, -0.2) is 13.1 Å². The fourth-order valence-electron chi connectivity index (χ4n) is 3.70. The minimum atomic E-state index is -0.294. The second kappa shape index (κ2) is 5.34. The summed E-state index contributed by atoms with van der Waals surface area (Å²) < 4.78 is 5.01. The van der Waals surface area contributed by atoms with Crippen LogP contribution < -0.4 is 0 Å². The molecular formula is C22H18O2. The van der Waals surface area contributed by atoms with Crippen molar-refractivity contribution in [3.63, 3.8) is 0 Å². The number of benzene rings is 4. The molecule has 4 aromatic carbocycles. The zero-order chi connectivity index (χ0) is 16.8. The van der Waals surface area contributed by atoms with Crippen LogP contribution in [0.1, 0.15) is 21.5 Å². The number of hydrogen-bond donors (Lipinski definition) is 0. The Morgan fingerprint density at radius 3 is 2.21 bits per heavy atom. The summed E-state index contributed by atoms with van der Waals surface area (Å²) >= 11 is 0. The minimum Gasteiger partial charge on any atom is -0.465 e. The molecule has 24 heavy (non-hydrogen) atoms. The number of rotatable bonds is 1. The lowest BCUT2D eigenvalue weighted by molar-refractivity contribution is 0.0603. The summed E-state index contributed by atoms with van der Waals surface area (Å²) in [6.07, 6.45) is 0. The van der Waals surface area contributed by atoms with Crippen LogP contribution >= 0.6 is 0 Å². The molecule has 0 amide bonds. The average molecular weight is 314 g/mol. The number of aryl methyl sites for hydroxylation is 2. The van der Waals surface area contributed by atoms with Crippen molar-refractivity contribution < 1.29 is 9.53 Å². The number of hydrogen-bond acceptors (Lipinski definition) is 2. The lowest BCUT2D eigenvalue weighted by Crippen LogP contribution is -2.03. The molecule has 2 nitrogen and oxygen atoms in total. The number of carbonyl (C=O) groups excluding carboxylic acids is 1. The van der Waals surface area contributed by atoms with E-state index in [9.17, 15) is 4.79 Å². The molecule has 2 heteroatoms. The predicted molar refractivity (Wildman–Crippen MR) is 99.8 cm³/mol. The maximum atomic E-state index is 12.3. The Labute approximate surface area is 140 Å². The second-order valence-electron chi connectivity index (χ2n) is 6.25. The van der Waals surface area contributed by atoms with Crippen LogP contribution in [0.5, 0.6) is 0 Å². The van der Waals surface area contributed by atoms with Crippen molar-refractivity contribution in [1.29, 1.82) is 0 Å².